The fraction of sp³-hybridized carbons (Fsp3) is 0.800. The minimum atomic E-state index is -0.891. The maximum Gasteiger partial charge on any atom is 0.409 e. The van der Waals surface area contributed by atoms with Gasteiger partial charge in [0, 0.05) is 25.6 Å². The topological polar surface area (TPSA) is 70.1 Å². The zero-order valence-electron chi connectivity index (χ0n) is 9.26. The molecule has 6 heteroatoms. The Morgan fingerprint density at radius 3 is 2.81 bits per heavy atom. The Morgan fingerprint density at radius 2 is 2.19 bits per heavy atom. The van der Waals surface area contributed by atoms with Crippen LogP contribution in [0.25, 0.3) is 0 Å². The molecule has 16 heavy (non-hydrogen) atoms. The van der Waals surface area contributed by atoms with Gasteiger partial charge in [0.05, 0.1) is 12.6 Å². The Kier molecular flexibility index (Phi) is 2.89. The fourth-order valence-electron chi connectivity index (χ4n) is 2.56. The summed E-state index contributed by atoms with van der Waals surface area (Å²) in [6, 6.07) is -0.0399. The highest BCUT2D eigenvalue weighted by Gasteiger charge is 2.45. The van der Waals surface area contributed by atoms with E-state index in [2.05, 4.69) is 0 Å². The van der Waals surface area contributed by atoms with Crippen molar-refractivity contribution in [3.05, 3.63) is 0 Å². The van der Waals surface area contributed by atoms with Gasteiger partial charge in [-0.15, -0.1) is 0 Å². The lowest BCUT2D eigenvalue weighted by atomic mass is 10.1. The molecule has 2 rings (SSSR count). The summed E-state index contributed by atoms with van der Waals surface area (Å²) in [7, 11) is 0. The molecule has 0 aliphatic carbocycles. The zero-order valence-corrected chi connectivity index (χ0v) is 9.26. The number of ether oxygens (including phenoxy) is 1. The lowest BCUT2D eigenvalue weighted by Crippen LogP contribution is -2.40. The van der Waals surface area contributed by atoms with E-state index in [0.29, 0.717) is 26.2 Å². The predicted molar refractivity (Wildman–Crippen MR) is 55.2 cm³/mol. The lowest BCUT2D eigenvalue weighted by molar-refractivity contribution is 0.107. The second-order valence-corrected chi connectivity index (χ2v) is 4.20. The van der Waals surface area contributed by atoms with Crippen molar-refractivity contribution >= 4 is 12.2 Å². The average molecular weight is 228 g/mol. The molecule has 2 fully saturated rings. The fourth-order valence-corrected chi connectivity index (χ4v) is 2.56. The van der Waals surface area contributed by atoms with Crippen LogP contribution in [0.15, 0.2) is 0 Å². The Balaban J connectivity index is 1.97. The molecule has 2 aliphatic rings. The van der Waals surface area contributed by atoms with E-state index >= 15 is 0 Å². The number of hydrogen-bond donors (Lipinski definition) is 1. The molecular formula is C10H16N2O4. The third-order valence-corrected chi connectivity index (χ3v) is 3.32. The molecule has 2 unspecified atom stereocenters. The molecule has 6 nitrogen and oxygen atoms in total. The number of fused-ring (bicyclic) bond motifs is 1. The van der Waals surface area contributed by atoms with Crippen molar-refractivity contribution in [1.29, 1.82) is 0 Å². The van der Waals surface area contributed by atoms with E-state index in [1.807, 2.05) is 0 Å². The molecule has 90 valence electrons. The van der Waals surface area contributed by atoms with Crippen molar-refractivity contribution in [1.82, 2.24) is 9.80 Å². The molecule has 2 heterocycles. The van der Waals surface area contributed by atoms with E-state index in [-0.39, 0.29) is 18.1 Å². The number of nitrogens with zero attached hydrogens (tertiary/aromatic N) is 2. The summed E-state index contributed by atoms with van der Waals surface area (Å²) >= 11 is 0. The standard InChI is InChI=1S/C10H16N2O4/c1-2-16-10(15)11-5-7-3-4-12(9(13)14)8(7)6-11/h7-8H,2-6H2,1H3,(H,13,14). The van der Waals surface area contributed by atoms with Gasteiger partial charge in [-0.3, -0.25) is 0 Å². The second kappa shape index (κ2) is 4.19. The summed E-state index contributed by atoms with van der Waals surface area (Å²) in [5, 5.41) is 8.98. The van der Waals surface area contributed by atoms with Crippen molar-refractivity contribution in [2.24, 2.45) is 5.92 Å². The van der Waals surface area contributed by atoms with Crippen molar-refractivity contribution in [3.63, 3.8) is 0 Å². The summed E-state index contributed by atoms with van der Waals surface area (Å²) in [6.07, 6.45) is -0.382. The third kappa shape index (κ3) is 1.79. The van der Waals surface area contributed by atoms with Crippen LogP contribution in [0.2, 0.25) is 0 Å². The first kappa shape index (κ1) is 11.0. The van der Waals surface area contributed by atoms with Crippen LogP contribution in [-0.2, 0) is 4.74 Å². The highest BCUT2D eigenvalue weighted by Crippen LogP contribution is 2.31. The summed E-state index contributed by atoms with van der Waals surface area (Å²) < 4.78 is 4.91. The van der Waals surface area contributed by atoms with Gasteiger partial charge in [0.1, 0.15) is 0 Å². The Hall–Kier alpha value is -1.46. The van der Waals surface area contributed by atoms with Crippen LogP contribution in [0, 0.1) is 5.92 Å². The SMILES string of the molecule is CCOC(=O)N1CC2CCN(C(=O)O)C2C1. The largest absolute Gasteiger partial charge is 0.465 e. The molecule has 1 N–H and O–H groups in total. The number of hydrogen-bond acceptors (Lipinski definition) is 3. The molecule has 2 amide bonds. The van der Waals surface area contributed by atoms with Crippen molar-refractivity contribution in [2.75, 3.05) is 26.2 Å². The van der Waals surface area contributed by atoms with Gasteiger partial charge in [0.2, 0.25) is 0 Å². The Labute approximate surface area is 93.8 Å². The van der Waals surface area contributed by atoms with E-state index < -0.39 is 6.09 Å². The smallest absolute Gasteiger partial charge is 0.409 e. The number of rotatable bonds is 1. The highest BCUT2D eigenvalue weighted by atomic mass is 16.6. The van der Waals surface area contributed by atoms with Crippen LogP contribution in [0.4, 0.5) is 9.59 Å². The van der Waals surface area contributed by atoms with Crippen molar-refractivity contribution in [2.45, 2.75) is 19.4 Å². The number of carboxylic acid groups (broad SMARTS) is 1. The third-order valence-electron chi connectivity index (χ3n) is 3.32. The molecule has 0 radical (unpaired) electrons. The summed E-state index contributed by atoms with van der Waals surface area (Å²) in [5.41, 5.74) is 0. The summed E-state index contributed by atoms with van der Waals surface area (Å²) in [5.74, 6) is 0.278. The number of carbonyl (C=O) groups is 2. The van der Waals surface area contributed by atoms with Gasteiger partial charge >= 0.3 is 12.2 Å². The lowest BCUT2D eigenvalue weighted by Gasteiger charge is -2.21. The molecule has 0 aromatic heterocycles. The number of likely N-dealkylation sites (tertiary alicyclic amines) is 2. The molecule has 0 bridgehead atoms. The Morgan fingerprint density at radius 1 is 1.44 bits per heavy atom. The second-order valence-electron chi connectivity index (χ2n) is 4.20. The predicted octanol–water partition coefficient (Wildman–Crippen LogP) is 0.827. The summed E-state index contributed by atoms with van der Waals surface area (Å²) in [4.78, 5) is 25.5. The van der Waals surface area contributed by atoms with E-state index in [1.54, 1.807) is 11.8 Å². The summed E-state index contributed by atoms with van der Waals surface area (Å²) in [6.45, 7) is 3.79. The Bertz CT molecular complexity index is 307. The quantitative estimate of drug-likeness (QED) is 0.721. The van der Waals surface area contributed by atoms with Crippen LogP contribution >= 0.6 is 0 Å². The van der Waals surface area contributed by atoms with E-state index in [4.69, 9.17) is 9.84 Å². The van der Waals surface area contributed by atoms with Gasteiger partial charge in [0.25, 0.3) is 0 Å². The number of amides is 2. The first-order valence-electron chi connectivity index (χ1n) is 5.54. The normalized spacial score (nSPS) is 28.1. The molecule has 0 spiro atoms. The van der Waals surface area contributed by atoms with Crippen LogP contribution < -0.4 is 0 Å². The molecule has 0 aromatic rings. The average Bonchev–Trinajstić information content (AvgIpc) is 2.74. The zero-order chi connectivity index (χ0) is 11.7. The molecule has 2 aliphatic heterocycles. The molecule has 2 saturated heterocycles. The van der Waals surface area contributed by atoms with E-state index in [0.717, 1.165) is 6.42 Å². The van der Waals surface area contributed by atoms with Gasteiger partial charge in [-0.05, 0) is 13.3 Å². The number of carbonyl (C=O) groups excluding carboxylic acids is 1. The molecule has 2 atom stereocenters. The first-order valence-corrected chi connectivity index (χ1v) is 5.54. The van der Waals surface area contributed by atoms with Crippen molar-refractivity contribution < 1.29 is 19.4 Å². The van der Waals surface area contributed by atoms with E-state index in [1.165, 1.54) is 4.90 Å². The van der Waals surface area contributed by atoms with Crippen LogP contribution in [0.5, 0.6) is 0 Å². The van der Waals surface area contributed by atoms with Crippen molar-refractivity contribution in [3.8, 4) is 0 Å². The minimum absolute atomic E-state index is 0.0399. The monoisotopic (exact) mass is 228 g/mol. The maximum atomic E-state index is 11.5. The van der Waals surface area contributed by atoms with Gasteiger partial charge in [-0.1, -0.05) is 0 Å². The highest BCUT2D eigenvalue weighted by molar-refractivity contribution is 5.69. The molecular weight excluding hydrogens is 212 g/mol. The van der Waals surface area contributed by atoms with Gasteiger partial charge in [0.15, 0.2) is 0 Å². The van der Waals surface area contributed by atoms with Gasteiger partial charge in [-0.2, -0.15) is 0 Å². The van der Waals surface area contributed by atoms with Crippen LogP contribution in [0.1, 0.15) is 13.3 Å². The van der Waals surface area contributed by atoms with Gasteiger partial charge < -0.3 is 19.6 Å². The molecule has 0 aromatic carbocycles. The van der Waals surface area contributed by atoms with Crippen LogP contribution in [0.3, 0.4) is 0 Å². The maximum absolute atomic E-state index is 11.5. The van der Waals surface area contributed by atoms with E-state index in [9.17, 15) is 9.59 Å². The van der Waals surface area contributed by atoms with Gasteiger partial charge in [-0.25, -0.2) is 9.59 Å². The van der Waals surface area contributed by atoms with Crippen LogP contribution in [-0.4, -0.2) is 59.4 Å². The first-order chi connectivity index (χ1) is 7.63. The molecule has 0 saturated carbocycles. The minimum Gasteiger partial charge on any atom is -0.465 e.